The molecule has 62 valence electrons. The molecule has 0 fully saturated rings. The zero-order chi connectivity index (χ0) is 8.55. The van der Waals surface area contributed by atoms with Gasteiger partial charge < -0.3 is 5.73 Å². The highest BCUT2D eigenvalue weighted by Gasteiger charge is 2.04. The van der Waals surface area contributed by atoms with Crippen molar-refractivity contribution in [1.29, 1.82) is 0 Å². The van der Waals surface area contributed by atoms with Gasteiger partial charge >= 0.3 is 0 Å². The van der Waals surface area contributed by atoms with Gasteiger partial charge in [0.05, 0.1) is 11.2 Å². The molecule has 2 aromatic rings. The van der Waals surface area contributed by atoms with Crippen LogP contribution in [0.3, 0.4) is 0 Å². The zero-order valence-electron chi connectivity index (χ0n) is 6.99. The highest BCUT2D eigenvalue weighted by molar-refractivity contribution is 5.55. The second-order valence-electron chi connectivity index (χ2n) is 2.81. The lowest BCUT2D eigenvalue weighted by Gasteiger charge is -1.90. The van der Waals surface area contributed by atoms with Gasteiger partial charge in [0.15, 0.2) is 0 Å². The maximum atomic E-state index is 5.54. The van der Waals surface area contributed by atoms with Gasteiger partial charge in [-0.25, -0.2) is 4.52 Å². The molecule has 0 saturated heterocycles. The molecule has 0 amide bonds. The monoisotopic (exact) mass is 161 g/mol. The average Bonchev–Trinajstić information content (AvgIpc) is 2.44. The molecule has 0 aliphatic rings. The van der Waals surface area contributed by atoms with Crippen LogP contribution in [0, 0.1) is 6.92 Å². The van der Waals surface area contributed by atoms with E-state index < -0.39 is 0 Å². The Balaban J connectivity index is 2.78. The van der Waals surface area contributed by atoms with E-state index in [2.05, 4.69) is 5.10 Å². The molecule has 0 saturated carbocycles. The summed E-state index contributed by atoms with van der Waals surface area (Å²) in [5, 5.41) is 4.32. The molecule has 0 aromatic carbocycles. The molecule has 0 atom stereocenters. The minimum Gasteiger partial charge on any atom is -0.325 e. The Kier molecular flexibility index (Phi) is 1.59. The summed E-state index contributed by atoms with van der Waals surface area (Å²) in [4.78, 5) is 0. The second-order valence-corrected chi connectivity index (χ2v) is 2.81. The number of fused-ring (bicyclic) bond motifs is 1. The predicted octanol–water partition coefficient (Wildman–Crippen LogP) is 1.10. The molecular formula is C9H11N3. The van der Waals surface area contributed by atoms with Gasteiger partial charge in [-0.15, -0.1) is 0 Å². The summed E-state index contributed by atoms with van der Waals surface area (Å²) in [6.07, 6.45) is 1.93. The largest absolute Gasteiger partial charge is 0.325 e. The quantitative estimate of drug-likeness (QED) is 0.680. The van der Waals surface area contributed by atoms with Crippen molar-refractivity contribution in [1.82, 2.24) is 9.61 Å². The molecule has 3 nitrogen and oxygen atoms in total. The van der Waals surface area contributed by atoms with Crippen LogP contribution in [0.5, 0.6) is 0 Å². The molecule has 0 aliphatic carbocycles. The fourth-order valence-electron chi connectivity index (χ4n) is 1.37. The van der Waals surface area contributed by atoms with Crippen molar-refractivity contribution in [3.8, 4) is 0 Å². The molecule has 2 heterocycles. The summed E-state index contributed by atoms with van der Waals surface area (Å²) >= 11 is 0. The molecule has 0 unspecified atom stereocenters. The van der Waals surface area contributed by atoms with Crippen molar-refractivity contribution in [2.75, 3.05) is 0 Å². The molecular weight excluding hydrogens is 150 g/mol. The first-order valence-electron chi connectivity index (χ1n) is 3.96. The van der Waals surface area contributed by atoms with E-state index in [4.69, 9.17) is 5.73 Å². The summed E-state index contributed by atoms with van der Waals surface area (Å²) in [6, 6.07) is 6.01. The Morgan fingerprint density at radius 2 is 2.33 bits per heavy atom. The summed E-state index contributed by atoms with van der Waals surface area (Å²) in [5.74, 6) is 0. The third-order valence-electron chi connectivity index (χ3n) is 2.08. The minimum absolute atomic E-state index is 0.507. The number of pyridine rings is 1. The van der Waals surface area contributed by atoms with Crippen molar-refractivity contribution >= 4 is 5.52 Å². The standard InChI is InChI=1S/C9H11N3/c1-7-8(6-10)11-12-5-3-2-4-9(7)12/h2-5H,6,10H2,1H3. The first kappa shape index (κ1) is 7.31. The van der Waals surface area contributed by atoms with Crippen LogP contribution in [0.25, 0.3) is 5.52 Å². The Bertz CT molecular complexity index is 403. The van der Waals surface area contributed by atoms with E-state index in [0.29, 0.717) is 6.54 Å². The number of rotatable bonds is 1. The average molecular weight is 161 g/mol. The third kappa shape index (κ3) is 0.905. The van der Waals surface area contributed by atoms with E-state index in [1.165, 1.54) is 5.56 Å². The topological polar surface area (TPSA) is 43.3 Å². The lowest BCUT2D eigenvalue weighted by molar-refractivity contribution is 0.881. The van der Waals surface area contributed by atoms with Crippen LogP contribution in [0.1, 0.15) is 11.3 Å². The number of aryl methyl sites for hydroxylation is 1. The molecule has 0 bridgehead atoms. The van der Waals surface area contributed by atoms with Crippen LogP contribution in [-0.2, 0) is 6.54 Å². The summed E-state index contributed by atoms with van der Waals surface area (Å²) in [5.41, 5.74) is 8.83. The summed E-state index contributed by atoms with van der Waals surface area (Å²) in [6.45, 7) is 2.55. The fourth-order valence-corrected chi connectivity index (χ4v) is 1.37. The zero-order valence-corrected chi connectivity index (χ0v) is 6.99. The molecule has 0 radical (unpaired) electrons. The number of nitrogens with zero attached hydrogens (tertiary/aromatic N) is 2. The van der Waals surface area contributed by atoms with Gasteiger partial charge in [-0.2, -0.15) is 5.10 Å². The van der Waals surface area contributed by atoms with Crippen molar-refractivity contribution in [3.63, 3.8) is 0 Å². The van der Waals surface area contributed by atoms with Gasteiger partial charge in [0, 0.05) is 12.7 Å². The smallest absolute Gasteiger partial charge is 0.0799 e. The molecule has 12 heavy (non-hydrogen) atoms. The third-order valence-corrected chi connectivity index (χ3v) is 2.08. The number of aromatic nitrogens is 2. The predicted molar refractivity (Wildman–Crippen MR) is 47.8 cm³/mol. The maximum Gasteiger partial charge on any atom is 0.0799 e. The first-order chi connectivity index (χ1) is 5.83. The van der Waals surface area contributed by atoms with Gasteiger partial charge in [0.25, 0.3) is 0 Å². The van der Waals surface area contributed by atoms with Gasteiger partial charge in [-0.05, 0) is 24.6 Å². The van der Waals surface area contributed by atoms with Crippen LogP contribution < -0.4 is 5.73 Å². The van der Waals surface area contributed by atoms with Crippen molar-refractivity contribution in [3.05, 3.63) is 35.7 Å². The van der Waals surface area contributed by atoms with E-state index in [1.54, 1.807) is 0 Å². The Hall–Kier alpha value is -1.35. The van der Waals surface area contributed by atoms with Gasteiger partial charge in [-0.1, -0.05) is 6.07 Å². The van der Waals surface area contributed by atoms with E-state index in [1.807, 2.05) is 35.8 Å². The highest BCUT2D eigenvalue weighted by atomic mass is 15.2. The van der Waals surface area contributed by atoms with E-state index in [9.17, 15) is 0 Å². The van der Waals surface area contributed by atoms with Gasteiger partial charge in [0.1, 0.15) is 0 Å². The summed E-state index contributed by atoms with van der Waals surface area (Å²) < 4.78 is 1.86. The Labute approximate surface area is 70.8 Å². The lowest BCUT2D eigenvalue weighted by Crippen LogP contribution is -1.98. The number of hydrogen-bond donors (Lipinski definition) is 1. The normalized spacial score (nSPS) is 10.8. The van der Waals surface area contributed by atoms with Crippen LogP contribution in [0.2, 0.25) is 0 Å². The second kappa shape index (κ2) is 2.60. The molecule has 0 aliphatic heterocycles. The molecule has 2 rings (SSSR count). The first-order valence-corrected chi connectivity index (χ1v) is 3.96. The highest BCUT2D eigenvalue weighted by Crippen LogP contribution is 2.12. The molecule has 2 aromatic heterocycles. The SMILES string of the molecule is Cc1c(CN)nn2ccccc12. The molecule has 3 heteroatoms. The van der Waals surface area contributed by atoms with E-state index in [0.717, 1.165) is 11.2 Å². The molecule has 2 N–H and O–H groups in total. The van der Waals surface area contributed by atoms with Gasteiger partial charge in [-0.3, -0.25) is 0 Å². The van der Waals surface area contributed by atoms with Gasteiger partial charge in [0.2, 0.25) is 0 Å². The van der Waals surface area contributed by atoms with Crippen molar-refractivity contribution in [2.45, 2.75) is 13.5 Å². The van der Waals surface area contributed by atoms with Crippen molar-refractivity contribution < 1.29 is 0 Å². The van der Waals surface area contributed by atoms with Crippen LogP contribution in [0.15, 0.2) is 24.4 Å². The summed E-state index contributed by atoms with van der Waals surface area (Å²) in [7, 11) is 0. The Morgan fingerprint density at radius 3 is 3.00 bits per heavy atom. The fraction of sp³-hybridized carbons (Fsp3) is 0.222. The van der Waals surface area contributed by atoms with Crippen LogP contribution in [0.4, 0.5) is 0 Å². The number of nitrogens with two attached hydrogens (primary N) is 1. The minimum atomic E-state index is 0.507. The van der Waals surface area contributed by atoms with E-state index in [-0.39, 0.29) is 0 Å². The lowest BCUT2D eigenvalue weighted by atomic mass is 10.2. The van der Waals surface area contributed by atoms with Crippen LogP contribution >= 0.6 is 0 Å². The maximum absolute atomic E-state index is 5.54. The van der Waals surface area contributed by atoms with Crippen LogP contribution in [-0.4, -0.2) is 9.61 Å². The Morgan fingerprint density at radius 1 is 1.50 bits per heavy atom. The van der Waals surface area contributed by atoms with Crippen molar-refractivity contribution in [2.24, 2.45) is 5.73 Å². The molecule has 0 spiro atoms. The van der Waals surface area contributed by atoms with E-state index >= 15 is 0 Å². The number of hydrogen-bond acceptors (Lipinski definition) is 2.